The van der Waals surface area contributed by atoms with Gasteiger partial charge in [0, 0.05) is 19.4 Å². The molecule has 0 aromatic carbocycles. The van der Waals surface area contributed by atoms with Crippen LogP contribution in [0.1, 0.15) is 213 Å². The van der Waals surface area contributed by atoms with Crippen LogP contribution in [-0.2, 0) is 23.8 Å². The Hall–Kier alpha value is -1.10. The second-order valence-corrected chi connectivity index (χ2v) is 13.2. The minimum atomic E-state index is -0.517. The minimum Gasteiger partial charge on any atom is -0.462 e. The lowest BCUT2D eigenvalue weighted by Gasteiger charge is -2.18. The highest BCUT2D eigenvalue weighted by atomic mass is 16.6. The molecule has 0 fully saturated rings. The third kappa shape index (κ3) is 33.8. The minimum absolute atomic E-state index is 0.0941. The van der Waals surface area contributed by atoms with Crippen LogP contribution in [0.4, 0.5) is 0 Å². The third-order valence-electron chi connectivity index (χ3n) is 8.64. The Morgan fingerprint density at radius 2 is 0.750 bits per heavy atom. The summed E-state index contributed by atoms with van der Waals surface area (Å²) in [5, 5.41) is 0. The molecule has 0 spiro atoms. The van der Waals surface area contributed by atoms with Gasteiger partial charge in [0.15, 0.2) is 6.10 Å². The largest absolute Gasteiger partial charge is 0.462 e. The normalized spacial score (nSPS) is 12.0. The molecule has 0 bridgehead atoms. The van der Waals surface area contributed by atoms with Crippen LogP contribution in [0.15, 0.2) is 0 Å². The molecule has 5 heteroatoms. The first-order chi connectivity index (χ1) is 21.6. The van der Waals surface area contributed by atoms with Crippen LogP contribution in [0, 0.1) is 0 Å². The molecule has 0 saturated carbocycles. The predicted octanol–water partition coefficient (Wildman–Crippen LogP) is 12.2. The molecule has 0 radical (unpaired) electrons. The number of rotatable bonds is 36. The molecule has 0 aliphatic carbocycles. The van der Waals surface area contributed by atoms with Crippen molar-refractivity contribution in [3.63, 3.8) is 0 Å². The maximum atomic E-state index is 12.4. The van der Waals surface area contributed by atoms with Gasteiger partial charge in [0.2, 0.25) is 0 Å². The first-order valence-corrected chi connectivity index (χ1v) is 19.6. The highest BCUT2D eigenvalue weighted by molar-refractivity contribution is 5.70. The van der Waals surface area contributed by atoms with Crippen LogP contribution in [0.5, 0.6) is 0 Å². The second-order valence-electron chi connectivity index (χ2n) is 13.2. The fourth-order valence-electron chi connectivity index (χ4n) is 5.69. The van der Waals surface area contributed by atoms with Crippen molar-refractivity contribution in [2.75, 3.05) is 19.8 Å². The molecule has 0 N–H and O–H groups in total. The molecule has 0 rings (SSSR count). The van der Waals surface area contributed by atoms with Crippen LogP contribution in [0.25, 0.3) is 0 Å². The summed E-state index contributed by atoms with van der Waals surface area (Å²) in [6.45, 7) is 7.77. The molecule has 0 aromatic heterocycles. The Balaban J connectivity index is 4.07. The third-order valence-corrected chi connectivity index (χ3v) is 8.64. The van der Waals surface area contributed by atoms with Crippen molar-refractivity contribution >= 4 is 11.9 Å². The van der Waals surface area contributed by atoms with Gasteiger partial charge < -0.3 is 14.2 Å². The summed E-state index contributed by atoms with van der Waals surface area (Å²) in [5.74, 6) is -0.399. The van der Waals surface area contributed by atoms with Gasteiger partial charge in [-0.3, -0.25) is 9.59 Å². The summed E-state index contributed by atoms with van der Waals surface area (Å²) >= 11 is 0. The van der Waals surface area contributed by atoms with E-state index in [1.54, 1.807) is 0 Å². The van der Waals surface area contributed by atoms with Crippen molar-refractivity contribution in [2.45, 2.75) is 219 Å². The number of carbonyl (C=O) groups is 2. The van der Waals surface area contributed by atoms with Crippen molar-refractivity contribution in [3.05, 3.63) is 0 Å². The Morgan fingerprint density at radius 3 is 1.16 bits per heavy atom. The molecule has 262 valence electrons. The molecular formula is C39H76O5. The summed E-state index contributed by atoms with van der Waals surface area (Å²) in [6.07, 6.45) is 35.4. The number of ether oxygens (including phenoxy) is 3. The molecular weight excluding hydrogens is 548 g/mol. The molecule has 0 heterocycles. The zero-order valence-electron chi connectivity index (χ0n) is 30.0. The smallest absolute Gasteiger partial charge is 0.306 e. The highest BCUT2D eigenvalue weighted by Crippen LogP contribution is 2.14. The lowest BCUT2D eigenvalue weighted by Crippen LogP contribution is -2.30. The Bertz CT molecular complexity index is 593. The van der Waals surface area contributed by atoms with Gasteiger partial charge in [-0.1, -0.05) is 181 Å². The Kier molecular flexibility index (Phi) is 35.5. The average molecular weight is 625 g/mol. The van der Waals surface area contributed by atoms with E-state index in [-0.39, 0.29) is 18.5 Å². The molecule has 44 heavy (non-hydrogen) atoms. The van der Waals surface area contributed by atoms with E-state index in [1.807, 2.05) is 0 Å². The molecule has 5 nitrogen and oxygen atoms in total. The second kappa shape index (κ2) is 36.4. The van der Waals surface area contributed by atoms with Gasteiger partial charge in [0.05, 0.1) is 6.61 Å². The molecule has 0 aliphatic heterocycles. The number of hydrogen-bond donors (Lipinski definition) is 0. The quantitative estimate of drug-likeness (QED) is 0.0512. The molecule has 0 saturated heterocycles. The summed E-state index contributed by atoms with van der Waals surface area (Å²) in [7, 11) is 0. The van der Waals surface area contributed by atoms with Crippen molar-refractivity contribution in [3.8, 4) is 0 Å². The fourth-order valence-corrected chi connectivity index (χ4v) is 5.69. The Labute approximate surface area is 274 Å². The topological polar surface area (TPSA) is 61.8 Å². The first kappa shape index (κ1) is 42.9. The lowest BCUT2D eigenvalue weighted by atomic mass is 10.1. The maximum absolute atomic E-state index is 12.4. The van der Waals surface area contributed by atoms with Crippen LogP contribution in [0.3, 0.4) is 0 Å². The highest BCUT2D eigenvalue weighted by Gasteiger charge is 2.17. The summed E-state index contributed by atoms with van der Waals surface area (Å²) in [5.41, 5.74) is 0. The SMILES string of the molecule is CCCCCCCCCCCCCCOCC(COC(=O)CCCCCCCCCCCCC)OC(=O)CCCCCCC. The zero-order valence-corrected chi connectivity index (χ0v) is 30.0. The molecule has 0 aliphatic rings. The van der Waals surface area contributed by atoms with E-state index in [2.05, 4.69) is 20.8 Å². The molecule has 0 amide bonds. The fraction of sp³-hybridized carbons (Fsp3) is 0.949. The predicted molar refractivity (Wildman–Crippen MR) is 187 cm³/mol. The van der Waals surface area contributed by atoms with E-state index in [0.717, 1.165) is 38.5 Å². The monoisotopic (exact) mass is 625 g/mol. The number of carbonyl (C=O) groups excluding carboxylic acids is 2. The van der Waals surface area contributed by atoms with Gasteiger partial charge in [-0.15, -0.1) is 0 Å². The Morgan fingerprint density at radius 1 is 0.409 bits per heavy atom. The average Bonchev–Trinajstić information content (AvgIpc) is 3.02. The van der Waals surface area contributed by atoms with E-state index in [0.29, 0.717) is 26.1 Å². The van der Waals surface area contributed by atoms with Crippen molar-refractivity contribution < 1.29 is 23.8 Å². The van der Waals surface area contributed by atoms with Crippen LogP contribution >= 0.6 is 0 Å². The molecule has 0 aromatic rings. The standard InChI is InChI=1S/C39H76O5/c1-4-7-10-13-15-17-19-21-23-25-28-31-34-42-35-37(44-39(41)33-30-26-12-9-6-3)36-43-38(40)32-29-27-24-22-20-18-16-14-11-8-5-2/h37H,4-36H2,1-3H3. The van der Waals surface area contributed by atoms with Crippen LogP contribution < -0.4 is 0 Å². The maximum Gasteiger partial charge on any atom is 0.306 e. The van der Waals surface area contributed by atoms with Gasteiger partial charge in [-0.05, 0) is 19.3 Å². The number of unbranched alkanes of at least 4 members (excludes halogenated alkanes) is 25. The number of hydrogen-bond acceptors (Lipinski definition) is 5. The summed E-state index contributed by atoms with van der Waals surface area (Å²) in [4.78, 5) is 24.8. The van der Waals surface area contributed by atoms with Crippen LogP contribution in [0.2, 0.25) is 0 Å². The zero-order chi connectivity index (χ0) is 32.2. The van der Waals surface area contributed by atoms with Crippen molar-refractivity contribution in [1.29, 1.82) is 0 Å². The van der Waals surface area contributed by atoms with E-state index >= 15 is 0 Å². The van der Waals surface area contributed by atoms with E-state index < -0.39 is 6.10 Å². The molecule has 1 atom stereocenters. The van der Waals surface area contributed by atoms with Crippen molar-refractivity contribution in [1.82, 2.24) is 0 Å². The van der Waals surface area contributed by atoms with E-state index in [9.17, 15) is 9.59 Å². The van der Waals surface area contributed by atoms with E-state index in [1.165, 1.54) is 141 Å². The van der Waals surface area contributed by atoms with Gasteiger partial charge in [-0.2, -0.15) is 0 Å². The first-order valence-electron chi connectivity index (χ1n) is 19.6. The number of esters is 2. The van der Waals surface area contributed by atoms with Gasteiger partial charge >= 0.3 is 11.9 Å². The van der Waals surface area contributed by atoms with Gasteiger partial charge in [0.1, 0.15) is 6.61 Å². The lowest BCUT2D eigenvalue weighted by molar-refractivity contribution is -0.163. The van der Waals surface area contributed by atoms with Crippen LogP contribution in [-0.4, -0.2) is 37.9 Å². The molecule has 1 unspecified atom stereocenters. The van der Waals surface area contributed by atoms with Gasteiger partial charge in [-0.25, -0.2) is 0 Å². The van der Waals surface area contributed by atoms with Gasteiger partial charge in [0.25, 0.3) is 0 Å². The summed E-state index contributed by atoms with van der Waals surface area (Å²) in [6, 6.07) is 0. The van der Waals surface area contributed by atoms with E-state index in [4.69, 9.17) is 14.2 Å². The van der Waals surface area contributed by atoms with Crippen molar-refractivity contribution in [2.24, 2.45) is 0 Å². The summed E-state index contributed by atoms with van der Waals surface area (Å²) < 4.78 is 17.1.